The highest BCUT2D eigenvalue weighted by Crippen LogP contribution is 2.57. The molecule has 0 radical (unpaired) electrons. The lowest BCUT2D eigenvalue weighted by molar-refractivity contribution is -0.181. The highest BCUT2D eigenvalue weighted by molar-refractivity contribution is 6.24. The minimum absolute atomic E-state index is 0.217. The number of nitrogens with two attached hydrogens (primary N) is 1. The van der Waals surface area contributed by atoms with Gasteiger partial charge in [0.1, 0.15) is 22.8 Å². The van der Waals surface area contributed by atoms with Crippen molar-refractivity contribution in [2.24, 2.45) is 17.6 Å². The molecule has 1 fully saturated rings. The Bertz CT molecular complexity index is 1370. The molecule has 0 heterocycles. The third kappa shape index (κ3) is 2.61. The fraction of sp³-hybridized carbons (Fsp3) is 0.409. The van der Waals surface area contributed by atoms with Crippen LogP contribution in [0.5, 0.6) is 5.75 Å². The molecular weight excluding hydrogens is 438 g/mol. The van der Waals surface area contributed by atoms with Gasteiger partial charge in [0, 0.05) is 8.22 Å². The maximum Gasteiger partial charge on any atom is 0.255 e. The van der Waals surface area contributed by atoms with Gasteiger partial charge in [0.2, 0.25) is 5.78 Å². The molecule has 0 bridgehead atoms. The number of hydrogen-bond donors (Lipinski definition) is 7. The maximum absolute atomic E-state index is 13.9. The Labute approximate surface area is 196 Å². The van der Waals surface area contributed by atoms with Crippen LogP contribution in [0.25, 0.3) is 5.76 Å². The zero-order valence-electron chi connectivity index (χ0n) is 23.0. The number of carbonyl (C=O) groups is 3. The van der Waals surface area contributed by atoms with Crippen LogP contribution in [0.15, 0.2) is 35.1 Å². The first-order chi connectivity index (χ1) is 17.6. The third-order valence-electron chi connectivity index (χ3n) is 6.76. The molecular formula is C22H24N2O9. The molecule has 0 unspecified atom stereocenters. The van der Waals surface area contributed by atoms with Crippen LogP contribution in [0.1, 0.15) is 26.3 Å². The van der Waals surface area contributed by atoms with Crippen molar-refractivity contribution in [1.82, 2.24) is 4.90 Å². The predicted molar refractivity (Wildman–Crippen MR) is 112 cm³/mol. The molecule has 176 valence electrons. The Morgan fingerprint density at radius 1 is 1.18 bits per heavy atom. The van der Waals surface area contributed by atoms with E-state index < -0.39 is 101 Å². The summed E-state index contributed by atoms with van der Waals surface area (Å²) in [6.45, 7) is -6.29. The number of fused-ring (bicyclic) bond motifs is 3. The van der Waals surface area contributed by atoms with Crippen LogP contribution >= 0.6 is 0 Å². The quantitative estimate of drug-likeness (QED) is 0.200. The summed E-state index contributed by atoms with van der Waals surface area (Å²) < 4.78 is 46.6. The summed E-state index contributed by atoms with van der Waals surface area (Å²) in [6.07, 6.45) is -2.42. The van der Waals surface area contributed by atoms with Crippen LogP contribution in [0.2, 0.25) is 0 Å². The number of phenols is 1. The molecule has 11 heteroatoms. The number of Topliss-reactive ketones (excluding diaryl/α,β-unsaturated/α-hetero) is 2. The second kappa shape index (κ2) is 6.87. The van der Waals surface area contributed by atoms with Gasteiger partial charge in [-0.05, 0) is 32.5 Å². The van der Waals surface area contributed by atoms with Crippen molar-refractivity contribution in [2.45, 2.75) is 30.3 Å². The zero-order valence-corrected chi connectivity index (χ0v) is 17.0. The number of aliphatic hydroxyl groups is 5. The maximum atomic E-state index is 13.9. The summed E-state index contributed by atoms with van der Waals surface area (Å²) in [6, 6.07) is 0.885. The molecule has 6 atom stereocenters. The average Bonchev–Trinajstić information content (AvgIpc) is 2.76. The Balaban J connectivity index is 2.14. The van der Waals surface area contributed by atoms with Gasteiger partial charge in [0.25, 0.3) is 5.91 Å². The summed E-state index contributed by atoms with van der Waals surface area (Å²) in [4.78, 5) is 39.1. The average molecular weight is 468 g/mol. The smallest absolute Gasteiger partial charge is 0.255 e. The lowest BCUT2D eigenvalue weighted by Crippen LogP contribution is -2.71. The van der Waals surface area contributed by atoms with Crippen LogP contribution in [-0.4, -0.2) is 84.7 Å². The molecule has 33 heavy (non-hydrogen) atoms. The van der Waals surface area contributed by atoms with Crippen molar-refractivity contribution < 1.29 is 53.2 Å². The summed E-state index contributed by atoms with van der Waals surface area (Å²) >= 11 is 0. The Morgan fingerprint density at radius 2 is 1.82 bits per heavy atom. The van der Waals surface area contributed by atoms with Crippen LogP contribution in [-0.2, 0) is 20.0 Å². The number of ketones is 2. The number of aliphatic hydroxyl groups excluding tert-OH is 3. The van der Waals surface area contributed by atoms with Crippen LogP contribution in [0.4, 0.5) is 0 Å². The molecule has 1 amide bonds. The fourth-order valence-electron chi connectivity index (χ4n) is 5.32. The highest BCUT2D eigenvalue weighted by Gasteiger charge is 2.70. The van der Waals surface area contributed by atoms with Gasteiger partial charge < -0.3 is 36.4 Å². The Kier molecular flexibility index (Phi) is 3.41. The number of rotatable bonds is 2. The lowest BCUT2D eigenvalue weighted by atomic mass is 9.53. The van der Waals surface area contributed by atoms with E-state index in [1.165, 1.54) is 12.1 Å². The second-order valence-electron chi connectivity index (χ2n) is 8.47. The first-order valence-electron chi connectivity index (χ1n) is 12.6. The molecule has 0 spiro atoms. The molecule has 11 nitrogen and oxygen atoms in total. The SMILES string of the molecule is [2H][13C]([2H])([2H])N([C@@H]1C(=O)C(C(N)=O)=C(O)[C@@]2(O)C(=O)C3=C(O)c4c(O)cccc4[C@@](C)(O)[C@H]3[C@H](O)[C@@H]12)[13C]([2H])([2H])[2H]. The fourth-order valence-corrected chi connectivity index (χ4v) is 5.32. The monoisotopic (exact) mass is 468 g/mol. The molecule has 3 aliphatic rings. The van der Waals surface area contributed by atoms with Crippen molar-refractivity contribution >= 4 is 23.2 Å². The predicted octanol–water partition coefficient (Wildman–Crippen LogP) is -1.40. The summed E-state index contributed by atoms with van der Waals surface area (Å²) in [5.74, 6) is -13.0. The van der Waals surface area contributed by atoms with Crippen LogP contribution < -0.4 is 5.73 Å². The number of carbonyl (C=O) groups excluding carboxylic acids is 3. The molecule has 0 aromatic heterocycles. The largest absolute Gasteiger partial charge is 0.508 e. The number of likely N-dealkylation sites (N-methyl/N-ethyl adjacent to an activating group) is 1. The van der Waals surface area contributed by atoms with E-state index in [1.807, 2.05) is 0 Å². The lowest BCUT2D eigenvalue weighted by Gasteiger charge is -2.55. The number of benzene rings is 1. The van der Waals surface area contributed by atoms with Gasteiger partial charge >= 0.3 is 0 Å². The number of primary amides is 1. The van der Waals surface area contributed by atoms with Gasteiger partial charge in [0.05, 0.1) is 40.7 Å². The van der Waals surface area contributed by atoms with Crippen LogP contribution in [0.3, 0.4) is 0 Å². The van der Waals surface area contributed by atoms with Crippen molar-refractivity contribution in [2.75, 3.05) is 14.0 Å². The number of phenolic OH excluding ortho intramolecular Hbond substituents is 1. The molecule has 1 aromatic rings. The van der Waals surface area contributed by atoms with Gasteiger partial charge in [-0.1, -0.05) is 12.1 Å². The number of aromatic hydroxyl groups is 1. The molecule has 1 saturated carbocycles. The van der Waals surface area contributed by atoms with Gasteiger partial charge in [0.15, 0.2) is 11.4 Å². The molecule has 0 saturated heterocycles. The topological polar surface area (TPSA) is 202 Å². The van der Waals surface area contributed by atoms with Gasteiger partial charge in [-0.2, -0.15) is 0 Å². The molecule has 3 aliphatic carbocycles. The van der Waals surface area contributed by atoms with Gasteiger partial charge in [-0.15, -0.1) is 0 Å². The minimum Gasteiger partial charge on any atom is -0.508 e. The van der Waals surface area contributed by atoms with Gasteiger partial charge in [-0.25, -0.2) is 0 Å². The van der Waals surface area contributed by atoms with E-state index in [4.69, 9.17) is 14.0 Å². The molecule has 8 N–H and O–H groups in total. The van der Waals surface area contributed by atoms with Crippen molar-refractivity contribution in [1.29, 1.82) is 0 Å². The summed E-state index contributed by atoms with van der Waals surface area (Å²) in [5.41, 5.74) is -3.91. The first-order valence-corrected chi connectivity index (χ1v) is 9.63. The minimum atomic E-state index is -3.67. The second-order valence-corrected chi connectivity index (χ2v) is 8.47. The van der Waals surface area contributed by atoms with E-state index in [1.54, 1.807) is 0 Å². The number of amides is 1. The molecule has 4 rings (SSSR count). The van der Waals surface area contributed by atoms with E-state index in [0.717, 1.165) is 13.0 Å². The van der Waals surface area contributed by atoms with Gasteiger partial charge in [-0.3, -0.25) is 19.3 Å². The summed E-state index contributed by atoms with van der Waals surface area (Å²) in [7, 11) is 0. The van der Waals surface area contributed by atoms with E-state index in [-0.39, 0.29) is 10.5 Å². The van der Waals surface area contributed by atoms with Crippen LogP contribution in [0, 0.1) is 11.8 Å². The van der Waals surface area contributed by atoms with E-state index in [9.17, 15) is 45.0 Å². The standard InChI is InChI=1S/C22H24N2O9/c1-21(32)7-5-4-6-8(25)9(7)15(26)10-12(21)17(28)13-14(24(2)3)16(27)11(20(23)31)19(30)22(13,33)18(10)29/h4-6,12-14,17,25-26,28,30,32-33H,1-3H3,(H2,23,31)/t12-,13-,14+,17+,21-,22+/m1/s1/i2+1D3,3+1D3. The normalized spacial score (nSPS) is 39.4. The van der Waals surface area contributed by atoms with Crippen molar-refractivity contribution in [3.8, 4) is 5.75 Å². The van der Waals surface area contributed by atoms with E-state index >= 15 is 0 Å². The summed E-state index contributed by atoms with van der Waals surface area (Å²) in [5, 5.41) is 67.0. The number of nitrogens with zero attached hydrogens (tertiary/aromatic N) is 1. The van der Waals surface area contributed by atoms with Crippen molar-refractivity contribution in [3.63, 3.8) is 0 Å². The van der Waals surface area contributed by atoms with E-state index in [0.29, 0.717) is 0 Å². The van der Waals surface area contributed by atoms with Crippen molar-refractivity contribution in [3.05, 3.63) is 46.2 Å². The molecule has 0 aliphatic heterocycles. The highest BCUT2D eigenvalue weighted by atomic mass is 16.4. The molecule has 1 aromatic carbocycles. The number of hydrogen-bond acceptors (Lipinski definition) is 10. The van der Waals surface area contributed by atoms with E-state index in [2.05, 4.69) is 0 Å². The Hall–Kier alpha value is -3.25. The first kappa shape index (κ1) is 16.4. The Morgan fingerprint density at radius 3 is 2.39 bits per heavy atom. The zero-order chi connectivity index (χ0) is 29.8. The third-order valence-corrected chi connectivity index (χ3v) is 6.76.